The second kappa shape index (κ2) is 12.1. The van der Waals surface area contributed by atoms with Crippen molar-refractivity contribution in [3.8, 4) is 0 Å². The number of fused-ring (bicyclic) bond motifs is 4. The van der Waals surface area contributed by atoms with Gasteiger partial charge in [0.25, 0.3) is 0 Å². The van der Waals surface area contributed by atoms with Gasteiger partial charge in [0.1, 0.15) is 11.6 Å². The lowest BCUT2D eigenvalue weighted by Crippen LogP contribution is -2.59. The highest BCUT2D eigenvalue weighted by atomic mass is 16.6. The molecule has 226 valence electrons. The molecule has 7 heteroatoms. The van der Waals surface area contributed by atoms with Crippen LogP contribution in [0.4, 0.5) is 16.2 Å². The molecule has 2 aliphatic carbocycles. The van der Waals surface area contributed by atoms with Gasteiger partial charge in [0.05, 0.1) is 11.4 Å². The van der Waals surface area contributed by atoms with Crippen molar-refractivity contribution < 1.29 is 14.3 Å². The van der Waals surface area contributed by atoms with Gasteiger partial charge in [-0.25, -0.2) is 4.79 Å². The van der Waals surface area contributed by atoms with Gasteiger partial charge in [-0.1, -0.05) is 44.2 Å². The molecule has 41 heavy (non-hydrogen) atoms. The van der Waals surface area contributed by atoms with Crippen LogP contribution in [0.5, 0.6) is 0 Å². The van der Waals surface area contributed by atoms with E-state index in [2.05, 4.69) is 21.6 Å². The summed E-state index contributed by atoms with van der Waals surface area (Å²) in [6.07, 6.45) is 17.6. The Labute approximate surface area is 247 Å². The molecule has 5 unspecified atom stereocenters. The Bertz CT molecular complexity index is 1060. The SMILES string of the molecule is CC(C)(C)OC(=O)N1CCCC1C(=O)Nc1ccccc1NC1CC2CCCC(C1)N2C1CC2CCCCC(C2)C1. The number of carbonyl (C=O) groups excluding carboxylic acids is 2. The molecule has 3 saturated heterocycles. The van der Waals surface area contributed by atoms with Crippen molar-refractivity contribution in [3.05, 3.63) is 24.3 Å². The molecule has 0 spiro atoms. The Morgan fingerprint density at radius 3 is 2.10 bits per heavy atom. The summed E-state index contributed by atoms with van der Waals surface area (Å²) in [7, 11) is 0. The van der Waals surface area contributed by atoms with E-state index in [1.165, 1.54) is 77.0 Å². The van der Waals surface area contributed by atoms with Gasteiger partial charge in [0.2, 0.25) is 5.91 Å². The number of nitrogens with zero attached hydrogens (tertiary/aromatic N) is 2. The van der Waals surface area contributed by atoms with Crippen LogP contribution in [0.25, 0.3) is 0 Å². The van der Waals surface area contributed by atoms with E-state index in [9.17, 15) is 9.59 Å². The monoisotopic (exact) mass is 564 g/mol. The van der Waals surface area contributed by atoms with Crippen molar-refractivity contribution in [2.24, 2.45) is 11.8 Å². The summed E-state index contributed by atoms with van der Waals surface area (Å²) in [5, 5.41) is 7.03. The van der Waals surface area contributed by atoms with E-state index < -0.39 is 17.7 Å². The number of ether oxygens (including phenoxy) is 1. The minimum absolute atomic E-state index is 0.131. The first-order valence-electron chi connectivity index (χ1n) is 16.7. The molecular weight excluding hydrogens is 512 g/mol. The molecule has 2 N–H and O–H groups in total. The molecule has 3 aliphatic heterocycles. The third-order valence-corrected chi connectivity index (χ3v) is 10.5. The van der Waals surface area contributed by atoms with Crippen molar-refractivity contribution in [2.45, 2.75) is 146 Å². The molecule has 2 saturated carbocycles. The fourth-order valence-corrected chi connectivity index (χ4v) is 8.97. The highest BCUT2D eigenvalue weighted by Crippen LogP contribution is 2.45. The molecule has 2 amide bonds. The van der Waals surface area contributed by atoms with Gasteiger partial charge in [0.15, 0.2) is 0 Å². The quantitative estimate of drug-likeness (QED) is 0.396. The second-order valence-corrected chi connectivity index (χ2v) is 14.7. The maximum Gasteiger partial charge on any atom is 0.410 e. The average molecular weight is 565 g/mol. The van der Waals surface area contributed by atoms with Crippen LogP contribution >= 0.6 is 0 Å². The fourth-order valence-electron chi connectivity index (χ4n) is 8.97. The number of anilines is 2. The van der Waals surface area contributed by atoms with Crippen LogP contribution in [-0.2, 0) is 9.53 Å². The molecule has 7 nitrogen and oxygen atoms in total. The summed E-state index contributed by atoms with van der Waals surface area (Å²) >= 11 is 0. The maximum atomic E-state index is 13.4. The van der Waals surface area contributed by atoms with E-state index in [1.54, 1.807) is 4.90 Å². The highest BCUT2D eigenvalue weighted by Gasteiger charge is 2.44. The molecular formula is C34H52N4O3. The molecule has 3 heterocycles. The Balaban J connectivity index is 1.10. The maximum absolute atomic E-state index is 13.4. The van der Waals surface area contributed by atoms with E-state index in [1.807, 2.05) is 39.0 Å². The summed E-state index contributed by atoms with van der Waals surface area (Å²) in [5.41, 5.74) is 1.21. The molecule has 1 aromatic rings. The van der Waals surface area contributed by atoms with Gasteiger partial charge in [0, 0.05) is 30.7 Å². The predicted octanol–water partition coefficient (Wildman–Crippen LogP) is 7.18. The molecule has 5 atom stereocenters. The Morgan fingerprint density at radius 1 is 0.780 bits per heavy atom. The van der Waals surface area contributed by atoms with E-state index in [4.69, 9.17) is 4.74 Å². The topological polar surface area (TPSA) is 73.9 Å². The van der Waals surface area contributed by atoms with Crippen LogP contribution in [0.15, 0.2) is 24.3 Å². The van der Waals surface area contributed by atoms with Gasteiger partial charge in [-0.05, 0) is 103 Å². The summed E-state index contributed by atoms with van der Waals surface area (Å²) in [6.45, 7) is 6.13. The Hall–Kier alpha value is -2.28. The molecule has 6 rings (SSSR count). The average Bonchev–Trinajstić information content (AvgIpc) is 3.35. The summed E-state index contributed by atoms with van der Waals surface area (Å²) < 4.78 is 5.58. The smallest absolute Gasteiger partial charge is 0.410 e. The minimum Gasteiger partial charge on any atom is -0.444 e. The van der Waals surface area contributed by atoms with Crippen LogP contribution in [0.3, 0.4) is 0 Å². The summed E-state index contributed by atoms with van der Waals surface area (Å²) in [4.78, 5) is 30.8. The van der Waals surface area contributed by atoms with Crippen LogP contribution < -0.4 is 10.6 Å². The van der Waals surface area contributed by atoms with E-state index >= 15 is 0 Å². The zero-order chi connectivity index (χ0) is 28.6. The van der Waals surface area contributed by atoms with E-state index in [0.29, 0.717) is 31.1 Å². The van der Waals surface area contributed by atoms with Crippen molar-refractivity contribution >= 4 is 23.4 Å². The van der Waals surface area contributed by atoms with Crippen molar-refractivity contribution in [1.82, 2.24) is 9.80 Å². The molecule has 4 bridgehead atoms. The van der Waals surface area contributed by atoms with Crippen LogP contribution in [0.2, 0.25) is 0 Å². The Morgan fingerprint density at radius 2 is 1.44 bits per heavy atom. The number of likely N-dealkylation sites (tertiary alicyclic amines) is 1. The number of amides is 2. The number of nitrogens with one attached hydrogen (secondary N) is 2. The molecule has 5 fully saturated rings. The van der Waals surface area contributed by atoms with Gasteiger partial charge >= 0.3 is 6.09 Å². The highest BCUT2D eigenvalue weighted by molar-refractivity contribution is 5.99. The van der Waals surface area contributed by atoms with E-state index in [-0.39, 0.29) is 5.91 Å². The number of carbonyl (C=O) groups is 2. The fraction of sp³-hybridized carbons (Fsp3) is 0.765. The largest absolute Gasteiger partial charge is 0.444 e. The van der Waals surface area contributed by atoms with Gasteiger partial charge in [-0.2, -0.15) is 0 Å². The first-order chi connectivity index (χ1) is 19.7. The second-order valence-electron chi connectivity index (χ2n) is 14.7. The van der Waals surface area contributed by atoms with Gasteiger partial charge in [-0.3, -0.25) is 14.6 Å². The third-order valence-electron chi connectivity index (χ3n) is 10.5. The van der Waals surface area contributed by atoms with Crippen LogP contribution in [0, 0.1) is 11.8 Å². The van der Waals surface area contributed by atoms with Crippen molar-refractivity contribution in [3.63, 3.8) is 0 Å². The molecule has 5 aliphatic rings. The first-order valence-corrected chi connectivity index (χ1v) is 16.7. The minimum atomic E-state index is -0.583. The van der Waals surface area contributed by atoms with Crippen LogP contribution in [-0.4, -0.2) is 64.2 Å². The Kier molecular flexibility index (Phi) is 8.54. The number of piperidine rings is 2. The first kappa shape index (κ1) is 28.8. The summed E-state index contributed by atoms with van der Waals surface area (Å²) in [5.74, 6) is 1.78. The van der Waals surface area contributed by atoms with Gasteiger partial charge < -0.3 is 15.4 Å². The van der Waals surface area contributed by atoms with Crippen molar-refractivity contribution in [1.29, 1.82) is 0 Å². The zero-order valence-electron chi connectivity index (χ0n) is 25.6. The number of hydrogen-bond donors (Lipinski definition) is 2. The molecule has 1 aromatic carbocycles. The molecule has 0 radical (unpaired) electrons. The third kappa shape index (κ3) is 6.71. The summed E-state index contributed by atoms with van der Waals surface area (Å²) in [6, 6.07) is 10.1. The zero-order valence-corrected chi connectivity index (χ0v) is 25.6. The lowest BCUT2D eigenvalue weighted by molar-refractivity contribution is -0.120. The number of benzene rings is 1. The predicted molar refractivity (Wildman–Crippen MR) is 164 cm³/mol. The standard InChI is InChI=1S/C34H52N4O3/c1-34(2,3)41-33(40)37-17-9-16-31(37)32(39)36-30-15-7-6-14-29(30)35-25-21-26-12-8-13-27(22-25)38(26)28-19-23-10-4-5-11-24(18-23)20-28/h6-7,14-15,23-28,31,35H,4-5,8-13,16-22H2,1-3H3,(H,36,39). The number of rotatable bonds is 5. The molecule has 0 aromatic heterocycles. The van der Waals surface area contributed by atoms with Gasteiger partial charge in [-0.15, -0.1) is 0 Å². The number of para-hydroxylation sites is 2. The van der Waals surface area contributed by atoms with Crippen molar-refractivity contribution in [2.75, 3.05) is 17.2 Å². The lowest BCUT2D eigenvalue weighted by atomic mass is 9.73. The lowest BCUT2D eigenvalue weighted by Gasteiger charge is -2.54. The van der Waals surface area contributed by atoms with E-state index in [0.717, 1.165) is 35.7 Å². The number of hydrogen-bond acceptors (Lipinski definition) is 5. The normalized spacial score (nSPS) is 34.0. The van der Waals surface area contributed by atoms with Crippen LogP contribution in [0.1, 0.15) is 111 Å².